The van der Waals surface area contributed by atoms with Crippen LogP contribution in [0.2, 0.25) is 0 Å². The molecule has 0 spiro atoms. The number of nitrogens with one attached hydrogen (secondary N) is 1. The van der Waals surface area contributed by atoms with E-state index in [2.05, 4.69) is 5.32 Å². The van der Waals surface area contributed by atoms with E-state index in [0.717, 1.165) is 31.3 Å². The van der Waals surface area contributed by atoms with Crippen molar-refractivity contribution in [2.75, 3.05) is 13.1 Å². The van der Waals surface area contributed by atoms with E-state index < -0.39 is 5.97 Å². The van der Waals surface area contributed by atoms with E-state index in [4.69, 9.17) is 9.47 Å². The van der Waals surface area contributed by atoms with Gasteiger partial charge in [0.15, 0.2) is 0 Å². The molecular weight excluding hydrogens is 354 g/mol. The first-order valence-electron chi connectivity index (χ1n) is 9.44. The van der Waals surface area contributed by atoms with Gasteiger partial charge in [0.2, 0.25) is 0 Å². The Morgan fingerprint density at radius 3 is 2.11 bits per heavy atom. The highest BCUT2D eigenvalue weighted by Gasteiger charge is 2.24. The Balaban J connectivity index is 1.64. The standard InChI is InChI=1S/C23H21NO4/c25-22(17-6-2-1-3-7-17)27-19-10-4-8-16-9-5-11-20(21(16)19)28-23(26)18-12-14-24-15-13-18/h1-11,18,24H,12-15H2. The summed E-state index contributed by atoms with van der Waals surface area (Å²) < 4.78 is 11.4. The second-order valence-corrected chi connectivity index (χ2v) is 6.81. The van der Waals surface area contributed by atoms with Gasteiger partial charge in [-0.2, -0.15) is 0 Å². The molecule has 0 bridgehead atoms. The number of piperidine rings is 1. The van der Waals surface area contributed by atoms with Crippen molar-refractivity contribution in [2.45, 2.75) is 12.8 Å². The molecular formula is C23H21NO4. The lowest BCUT2D eigenvalue weighted by Crippen LogP contribution is -2.33. The molecule has 1 N–H and O–H groups in total. The SMILES string of the molecule is O=C(Oc1cccc2cccc(OC(=O)C3CCNCC3)c12)c1ccccc1. The number of hydrogen-bond donors (Lipinski definition) is 1. The molecule has 1 aliphatic heterocycles. The predicted octanol–water partition coefficient (Wildman–Crippen LogP) is 3.96. The number of benzene rings is 3. The van der Waals surface area contributed by atoms with E-state index in [0.29, 0.717) is 22.4 Å². The average Bonchev–Trinajstić information content (AvgIpc) is 2.75. The van der Waals surface area contributed by atoms with Gasteiger partial charge in [-0.1, -0.05) is 42.5 Å². The van der Waals surface area contributed by atoms with Crippen LogP contribution in [0.3, 0.4) is 0 Å². The van der Waals surface area contributed by atoms with Gasteiger partial charge in [0, 0.05) is 0 Å². The topological polar surface area (TPSA) is 64.6 Å². The molecule has 5 nitrogen and oxygen atoms in total. The second kappa shape index (κ2) is 8.23. The molecule has 0 aliphatic carbocycles. The van der Waals surface area contributed by atoms with Crippen molar-refractivity contribution in [3.63, 3.8) is 0 Å². The summed E-state index contributed by atoms with van der Waals surface area (Å²) in [5.41, 5.74) is 0.462. The summed E-state index contributed by atoms with van der Waals surface area (Å²) in [7, 11) is 0. The molecule has 0 atom stereocenters. The van der Waals surface area contributed by atoms with Crippen molar-refractivity contribution in [2.24, 2.45) is 5.92 Å². The molecule has 1 aliphatic rings. The van der Waals surface area contributed by atoms with Crippen LogP contribution in [0.4, 0.5) is 0 Å². The fraction of sp³-hybridized carbons (Fsp3) is 0.217. The van der Waals surface area contributed by atoms with Crippen LogP contribution in [0.1, 0.15) is 23.2 Å². The Hall–Kier alpha value is -3.18. The number of esters is 2. The number of ether oxygens (including phenoxy) is 2. The Morgan fingerprint density at radius 1 is 0.786 bits per heavy atom. The van der Waals surface area contributed by atoms with E-state index in [1.54, 1.807) is 36.4 Å². The van der Waals surface area contributed by atoms with Crippen molar-refractivity contribution >= 4 is 22.7 Å². The largest absolute Gasteiger partial charge is 0.426 e. The molecule has 0 amide bonds. The number of hydrogen-bond acceptors (Lipinski definition) is 5. The van der Waals surface area contributed by atoms with Crippen LogP contribution in [-0.2, 0) is 4.79 Å². The normalized spacial score (nSPS) is 14.6. The summed E-state index contributed by atoms with van der Waals surface area (Å²) in [6.45, 7) is 1.63. The highest BCUT2D eigenvalue weighted by atomic mass is 16.5. The maximum Gasteiger partial charge on any atom is 0.343 e. The molecule has 28 heavy (non-hydrogen) atoms. The zero-order chi connectivity index (χ0) is 19.3. The van der Waals surface area contributed by atoms with E-state index in [9.17, 15) is 9.59 Å². The first kappa shape index (κ1) is 18.2. The minimum atomic E-state index is -0.451. The Kier molecular flexibility index (Phi) is 5.35. The van der Waals surface area contributed by atoms with Gasteiger partial charge in [0.05, 0.1) is 16.9 Å². The number of carbonyl (C=O) groups is 2. The van der Waals surface area contributed by atoms with Crippen LogP contribution in [0.5, 0.6) is 11.5 Å². The first-order valence-corrected chi connectivity index (χ1v) is 9.44. The lowest BCUT2D eigenvalue weighted by Gasteiger charge is -2.21. The van der Waals surface area contributed by atoms with Crippen molar-refractivity contribution < 1.29 is 19.1 Å². The molecule has 1 fully saturated rings. The van der Waals surface area contributed by atoms with E-state index in [1.165, 1.54) is 0 Å². The molecule has 1 saturated heterocycles. The molecule has 0 aromatic heterocycles. The molecule has 3 aromatic carbocycles. The summed E-state index contributed by atoms with van der Waals surface area (Å²) in [4.78, 5) is 25.1. The fourth-order valence-electron chi connectivity index (χ4n) is 3.43. The fourth-order valence-corrected chi connectivity index (χ4v) is 3.43. The zero-order valence-electron chi connectivity index (χ0n) is 15.4. The van der Waals surface area contributed by atoms with Crippen LogP contribution < -0.4 is 14.8 Å². The second-order valence-electron chi connectivity index (χ2n) is 6.81. The Labute approximate surface area is 163 Å². The number of carbonyl (C=O) groups excluding carboxylic acids is 2. The summed E-state index contributed by atoms with van der Waals surface area (Å²) in [5, 5.41) is 4.71. The number of rotatable bonds is 4. The van der Waals surface area contributed by atoms with Crippen molar-refractivity contribution in [1.29, 1.82) is 0 Å². The monoisotopic (exact) mass is 375 g/mol. The molecule has 3 aromatic rings. The molecule has 0 unspecified atom stereocenters. The number of fused-ring (bicyclic) bond motifs is 1. The lowest BCUT2D eigenvalue weighted by molar-refractivity contribution is -0.139. The minimum absolute atomic E-state index is 0.115. The predicted molar refractivity (Wildman–Crippen MR) is 107 cm³/mol. The van der Waals surface area contributed by atoms with Gasteiger partial charge in [-0.25, -0.2) is 4.79 Å². The third-order valence-electron chi connectivity index (χ3n) is 4.92. The van der Waals surface area contributed by atoms with Gasteiger partial charge in [0.1, 0.15) is 11.5 Å². The van der Waals surface area contributed by atoms with Gasteiger partial charge in [-0.15, -0.1) is 0 Å². The Bertz CT molecular complexity index is 989. The van der Waals surface area contributed by atoms with Crippen LogP contribution in [0.25, 0.3) is 10.8 Å². The lowest BCUT2D eigenvalue weighted by atomic mass is 9.98. The third-order valence-corrected chi connectivity index (χ3v) is 4.92. The van der Waals surface area contributed by atoms with Crippen LogP contribution in [0.15, 0.2) is 66.7 Å². The van der Waals surface area contributed by atoms with Crippen LogP contribution >= 0.6 is 0 Å². The summed E-state index contributed by atoms with van der Waals surface area (Å²) in [6.07, 6.45) is 1.53. The van der Waals surface area contributed by atoms with Crippen molar-refractivity contribution in [3.05, 3.63) is 72.3 Å². The van der Waals surface area contributed by atoms with Gasteiger partial charge >= 0.3 is 11.9 Å². The van der Waals surface area contributed by atoms with E-state index in [-0.39, 0.29) is 11.9 Å². The molecule has 0 radical (unpaired) electrons. The van der Waals surface area contributed by atoms with Crippen LogP contribution in [-0.4, -0.2) is 25.0 Å². The molecule has 4 rings (SSSR count). The van der Waals surface area contributed by atoms with Gasteiger partial charge in [-0.05, 0) is 55.6 Å². The highest BCUT2D eigenvalue weighted by molar-refractivity contribution is 5.99. The summed E-state index contributed by atoms with van der Waals surface area (Å²) in [6, 6.07) is 19.7. The quantitative estimate of drug-likeness (QED) is 0.552. The van der Waals surface area contributed by atoms with Gasteiger partial charge < -0.3 is 14.8 Å². The molecule has 142 valence electrons. The first-order chi connectivity index (χ1) is 13.7. The minimum Gasteiger partial charge on any atom is -0.426 e. The Morgan fingerprint density at radius 2 is 1.43 bits per heavy atom. The van der Waals surface area contributed by atoms with Gasteiger partial charge in [0.25, 0.3) is 0 Å². The average molecular weight is 375 g/mol. The van der Waals surface area contributed by atoms with E-state index in [1.807, 2.05) is 30.3 Å². The maximum absolute atomic E-state index is 12.6. The maximum atomic E-state index is 12.6. The summed E-state index contributed by atoms with van der Waals surface area (Å²) >= 11 is 0. The van der Waals surface area contributed by atoms with Crippen molar-refractivity contribution in [1.82, 2.24) is 5.32 Å². The van der Waals surface area contributed by atoms with E-state index >= 15 is 0 Å². The molecule has 5 heteroatoms. The smallest absolute Gasteiger partial charge is 0.343 e. The molecule has 1 heterocycles. The zero-order valence-corrected chi connectivity index (χ0v) is 15.4. The summed E-state index contributed by atoms with van der Waals surface area (Å²) in [5.74, 6) is -0.0149. The molecule has 0 saturated carbocycles. The van der Waals surface area contributed by atoms with Crippen molar-refractivity contribution in [3.8, 4) is 11.5 Å². The third kappa shape index (κ3) is 3.89. The van der Waals surface area contributed by atoms with Crippen LogP contribution in [0, 0.1) is 5.92 Å². The highest BCUT2D eigenvalue weighted by Crippen LogP contribution is 2.35. The van der Waals surface area contributed by atoms with Gasteiger partial charge in [-0.3, -0.25) is 4.79 Å².